The second-order valence-corrected chi connectivity index (χ2v) is 8.02. The fourth-order valence-corrected chi connectivity index (χ4v) is 3.72. The summed E-state index contributed by atoms with van der Waals surface area (Å²) in [5.41, 5.74) is 3.88. The Labute approximate surface area is 167 Å². The lowest BCUT2D eigenvalue weighted by Gasteiger charge is -2.32. The highest BCUT2D eigenvalue weighted by atomic mass is 35.5. The maximum atomic E-state index is 12.2. The van der Waals surface area contributed by atoms with E-state index in [0.717, 1.165) is 50.3 Å². The van der Waals surface area contributed by atoms with E-state index in [4.69, 9.17) is 11.6 Å². The first-order chi connectivity index (χ1) is 13.1. The summed E-state index contributed by atoms with van der Waals surface area (Å²) in [6.07, 6.45) is 4.53. The number of aryl methyl sites for hydroxylation is 2. The molecule has 1 aliphatic heterocycles. The maximum absolute atomic E-state index is 12.2. The first-order valence-electron chi connectivity index (χ1n) is 9.90. The van der Waals surface area contributed by atoms with E-state index in [2.05, 4.69) is 53.5 Å². The molecule has 4 heteroatoms. The standard InChI is InChI=1S/C23H29ClN2O/c1-18-5-7-19(8-6-18)3-2-4-23(27)25-22-13-15-26(16-14-22)17-20-9-11-21(24)12-10-20/h5-12,22H,2-4,13-17H2,1H3,(H,25,27). The molecule has 1 fully saturated rings. The molecule has 1 heterocycles. The van der Waals surface area contributed by atoms with Crippen LogP contribution in [-0.2, 0) is 17.8 Å². The van der Waals surface area contributed by atoms with Gasteiger partial charge in [-0.05, 0) is 55.9 Å². The number of nitrogens with one attached hydrogen (secondary N) is 1. The number of carbonyl (C=O) groups excluding carboxylic acids is 1. The van der Waals surface area contributed by atoms with Crippen molar-refractivity contribution < 1.29 is 4.79 Å². The predicted octanol–water partition coefficient (Wildman–Crippen LogP) is 4.75. The minimum atomic E-state index is 0.193. The first kappa shape index (κ1) is 19.9. The van der Waals surface area contributed by atoms with Gasteiger partial charge in [0.25, 0.3) is 0 Å². The van der Waals surface area contributed by atoms with Crippen LogP contribution in [0, 0.1) is 6.92 Å². The maximum Gasteiger partial charge on any atom is 0.220 e. The molecule has 2 aromatic carbocycles. The van der Waals surface area contributed by atoms with Gasteiger partial charge in [-0.15, -0.1) is 0 Å². The number of halogens is 1. The Bertz CT molecular complexity index is 719. The summed E-state index contributed by atoms with van der Waals surface area (Å²) in [5.74, 6) is 0.193. The van der Waals surface area contributed by atoms with E-state index in [0.29, 0.717) is 12.5 Å². The van der Waals surface area contributed by atoms with E-state index in [9.17, 15) is 4.79 Å². The highest BCUT2D eigenvalue weighted by molar-refractivity contribution is 6.30. The lowest BCUT2D eigenvalue weighted by Crippen LogP contribution is -2.44. The van der Waals surface area contributed by atoms with Crippen LogP contribution < -0.4 is 5.32 Å². The van der Waals surface area contributed by atoms with Gasteiger partial charge in [-0.1, -0.05) is 53.6 Å². The van der Waals surface area contributed by atoms with Gasteiger partial charge < -0.3 is 5.32 Å². The van der Waals surface area contributed by atoms with Crippen molar-refractivity contribution in [3.05, 3.63) is 70.2 Å². The summed E-state index contributed by atoms with van der Waals surface area (Å²) >= 11 is 5.95. The number of benzene rings is 2. The molecule has 0 saturated carbocycles. The Balaban J connectivity index is 1.33. The van der Waals surface area contributed by atoms with Gasteiger partial charge in [0.05, 0.1) is 0 Å². The van der Waals surface area contributed by atoms with Crippen molar-refractivity contribution in [2.45, 2.75) is 51.6 Å². The number of hydrogen-bond donors (Lipinski definition) is 1. The molecule has 144 valence electrons. The van der Waals surface area contributed by atoms with Crippen molar-refractivity contribution in [2.75, 3.05) is 13.1 Å². The van der Waals surface area contributed by atoms with Gasteiger partial charge in [0, 0.05) is 37.1 Å². The molecule has 0 radical (unpaired) electrons. The fraction of sp³-hybridized carbons (Fsp3) is 0.435. The van der Waals surface area contributed by atoms with Crippen LogP contribution in [-0.4, -0.2) is 29.9 Å². The average molecular weight is 385 g/mol. The number of carbonyl (C=O) groups is 1. The Morgan fingerprint density at radius 2 is 1.67 bits per heavy atom. The second-order valence-electron chi connectivity index (χ2n) is 7.58. The van der Waals surface area contributed by atoms with Gasteiger partial charge in [0.15, 0.2) is 0 Å². The highest BCUT2D eigenvalue weighted by Crippen LogP contribution is 2.16. The Kier molecular flexibility index (Phi) is 7.31. The topological polar surface area (TPSA) is 32.3 Å². The monoisotopic (exact) mass is 384 g/mol. The SMILES string of the molecule is Cc1ccc(CCCC(=O)NC2CCN(Cc3ccc(Cl)cc3)CC2)cc1. The van der Waals surface area contributed by atoms with Gasteiger partial charge in [0.1, 0.15) is 0 Å². The minimum absolute atomic E-state index is 0.193. The predicted molar refractivity (Wildman–Crippen MR) is 112 cm³/mol. The Morgan fingerprint density at radius 3 is 2.33 bits per heavy atom. The molecule has 0 bridgehead atoms. The lowest BCUT2D eigenvalue weighted by atomic mass is 10.0. The molecule has 0 spiro atoms. The molecule has 0 aliphatic carbocycles. The molecule has 0 unspecified atom stereocenters. The highest BCUT2D eigenvalue weighted by Gasteiger charge is 2.20. The molecule has 2 aromatic rings. The van der Waals surface area contributed by atoms with E-state index < -0.39 is 0 Å². The van der Waals surface area contributed by atoms with Crippen molar-refractivity contribution >= 4 is 17.5 Å². The molecule has 0 aromatic heterocycles. The van der Waals surface area contributed by atoms with Gasteiger partial charge in [-0.25, -0.2) is 0 Å². The van der Waals surface area contributed by atoms with Crippen LogP contribution in [0.4, 0.5) is 0 Å². The number of hydrogen-bond acceptors (Lipinski definition) is 2. The van der Waals surface area contributed by atoms with Crippen molar-refractivity contribution in [2.24, 2.45) is 0 Å². The van der Waals surface area contributed by atoms with Crippen molar-refractivity contribution in [1.29, 1.82) is 0 Å². The summed E-state index contributed by atoms with van der Waals surface area (Å²) < 4.78 is 0. The van der Waals surface area contributed by atoms with Crippen LogP contribution in [0.2, 0.25) is 5.02 Å². The zero-order valence-corrected chi connectivity index (χ0v) is 16.8. The van der Waals surface area contributed by atoms with E-state index >= 15 is 0 Å². The molecule has 0 atom stereocenters. The van der Waals surface area contributed by atoms with Crippen LogP contribution in [0.5, 0.6) is 0 Å². The van der Waals surface area contributed by atoms with Gasteiger partial charge in [-0.3, -0.25) is 9.69 Å². The van der Waals surface area contributed by atoms with Gasteiger partial charge >= 0.3 is 0 Å². The quantitative estimate of drug-likeness (QED) is 0.746. The third-order valence-corrected chi connectivity index (χ3v) is 5.51. The summed E-state index contributed by atoms with van der Waals surface area (Å²) in [5, 5.41) is 4.00. The molecule has 1 saturated heterocycles. The van der Waals surface area contributed by atoms with Crippen LogP contribution in [0.25, 0.3) is 0 Å². The lowest BCUT2D eigenvalue weighted by molar-refractivity contribution is -0.122. The molecule has 3 nitrogen and oxygen atoms in total. The molecular weight excluding hydrogens is 356 g/mol. The first-order valence-corrected chi connectivity index (χ1v) is 10.3. The second kappa shape index (κ2) is 9.91. The average Bonchev–Trinajstić information content (AvgIpc) is 2.67. The molecule has 1 N–H and O–H groups in total. The third-order valence-electron chi connectivity index (χ3n) is 5.26. The normalized spacial score (nSPS) is 15.6. The van der Waals surface area contributed by atoms with Crippen LogP contribution in [0.1, 0.15) is 42.4 Å². The summed E-state index contributed by atoms with van der Waals surface area (Å²) in [6.45, 7) is 5.10. The van der Waals surface area contributed by atoms with Gasteiger partial charge in [0.2, 0.25) is 5.91 Å². The smallest absolute Gasteiger partial charge is 0.220 e. The molecule has 1 amide bonds. The van der Waals surface area contributed by atoms with Crippen LogP contribution in [0.3, 0.4) is 0 Å². The number of likely N-dealkylation sites (tertiary alicyclic amines) is 1. The largest absolute Gasteiger partial charge is 0.353 e. The van der Waals surface area contributed by atoms with E-state index in [-0.39, 0.29) is 5.91 Å². The zero-order valence-electron chi connectivity index (χ0n) is 16.1. The summed E-state index contributed by atoms with van der Waals surface area (Å²) in [6, 6.07) is 17.0. The van der Waals surface area contributed by atoms with Crippen LogP contribution >= 0.6 is 11.6 Å². The van der Waals surface area contributed by atoms with Crippen molar-refractivity contribution in [3.8, 4) is 0 Å². The van der Waals surface area contributed by atoms with Gasteiger partial charge in [-0.2, -0.15) is 0 Å². The number of amides is 1. The molecule has 3 rings (SSSR count). The number of rotatable bonds is 7. The van der Waals surface area contributed by atoms with Crippen molar-refractivity contribution in [1.82, 2.24) is 10.2 Å². The zero-order chi connectivity index (χ0) is 19.1. The number of nitrogens with zero attached hydrogens (tertiary/aromatic N) is 1. The summed E-state index contributed by atoms with van der Waals surface area (Å²) in [7, 11) is 0. The fourth-order valence-electron chi connectivity index (χ4n) is 3.59. The van der Waals surface area contributed by atoms with E-state index in [1.54, 1.807) is 0 Å². The van der Waals surface area contributed by atoms with E-state index in [1.807, 2.05) is 12.1 Å². The summed E-state index contributed by atoms with van der Waals surface area (Å²) in [4.78, 5) is 14.7. The minimum Gasteiger partial charge on any atom is -0.353 e. The van der Waals surface area contributed by atoms with Crippen molar-refractivity contribution in [3.63, 3.8) is 0 Å². The third kappa shape index (κ3) is 6.67. The Hall–Kier alpha value is -1.84. The molecular formula is C23H29ClN2O. The Morgan fingerprint density at radius 1 is 1.04 bits per heavy atom. The molecule has 1 aliphatic rings. The van der Waals surface area contributed by atoms with Crippen LogP contribution in [0.15, 0.2) is 48.5 Å². The number of piperidine rings is 1. The molecule has 27 heavy (non-hydrogen) atoms. The van der Waals surface area contributed by atoms with E-state index in [1.165, 1.54) is 16.7 Å².